The molecule has 0 aliphatic carbocycles. The van der Waals surface area contributed by atoms with Crippen LogP contribution in [0, 0.1) is 6.92 Å². The summed E-state index contributed by atoms with van der Waals surface area (Å²) in [6.45, 7) is 1.84. The molecule has 0 heterocycles. The standard InChI is InChI=1S/C32H30N4O6S2/c1-22-9-8-14-25(19-22)29(37)35-31(43)33-26-15-17-27(18-16-26)44(40,41)36-30(38)28(20-23-10-4-2-5-11-23)34-32(39)42-21-24-12-6-3-7-13-24/h2-19,28H,20-21H2,1H3,(H,34,39)(H,36,38)(H2,33,35,37,43)/t28-/m0/s1. The fourth-order valence-electron chi connectivity index (χ4n) is 4.07. The summed E-state index contributed by atoms with van der Waals surface area (Å²) in [4.78, 5) is 37.9. The number of hydrogen-bond acceptors (Lipinski definition) is 7. The van der Waals surface area contributed by atoms with Crippen LogP contribution >= 0.6 is 12.2 Å². The molecule has 0 bridgehead atoms. The van der Waals surface area contributed by atoms with E-state index < -0.39 is 34.0 Å². The van der Waals surface area contributed by atoms with E-state index in [1.54, 1.807) is 72.8 Å². The van der Waals surface area contributed by atoms with E-state index >= 15 is 0 Å². The average molecular weight is 631 g/mol. The molecule has 0 aliphatic heterocycles. The summed E-state index contributed by atoms with van der Waals surface area (Å²) >= 11 is 5.21. The molecular formula is C32H30N4O6S2. The van der Waals surface area contributed by atoms with E-state index in [0.717, 1.165) is 11.1 Å². The van der Waals surface area contributed by atoms with Gasteiger partial charge in [-0.05, 0) is 66.7 Å². The number of thiocarbonyl (C=S) groups is 1. The van der Waals surface area contributed by atoms with Crippen molar-refractivity contribution in [2.75, 3.05) is 5.32 Å². The topological polar surface area (TPSA) is 143 Å². The molecule has 0 radical (unpaired) electrons. The van der Waals surface area contributed by atoms with E-state index in [-0.39, 0.29) is 23.0 Å². The Hall–Kier alpha value is -5.07. The normalized spacial score (nSPS) is 11.5. The van der Waals surface area contributed by atoms with Crippen molar-refractivity contribution in [3.8, 4) is 0 Å². The van der Waals surface area contributed by atoms with Gasteiger partial charge >= 0.3 is 6.09 Å². The first kappa shape index (κ1) is 31.9. The number of alkyl carbamates (subject to hydrolysis) is 1. The lowest BCUT2D eigenvalue weighted by molar-refractivity contribution is -0.121. The molecule has 1 atom stereocenters. The van der Waals surface area contributed by atoms with Crippen molar-refractivity contribution in [3.63, 3.8) is 0 Å². The molecule has 0 fully saturated rings. The van der Waals surface area contributed by atoms with Crippen LogP contribution in [0.3, 0.4) is 0 Å². The van der Waals surface area contributed by atoms with E-state index in [4.69, 9.17) is 17.0 Å². The molecule has 4 aromatic rings. The van der Waals surface area contributed by atoms with Crippen LogP contribution in [0.5, 0.6) is 0 Å². The molecule has 0 saturated heterocycles. The molecule has 0 aliphatic rings. The lowest BCUT2D eigenvalue weighted by Gasteiger charge is -2.19. The van der Waals surface area contributed by atoms with Crippen LogP contribution in [-0.2, 0) is 32.6 Å². The second-order valence-corrected chi connectivity index (χ2v) is 11.8. The Labute approximate surface area is 260 Å². The molecule has 3 amide bonds. The van der Waals surface area contributed by atoms with Gasteiger partial charge in [0.05, 0.1) is 4.90 Å². The number of hydrogen-bond donors (Lipinski definition) is 4. The quantitative estimate of drug-likeness (QED) is 0.188. The monoisotopic (exact) mass is 630 g/mol. The van der Waals surface area contributed by atoms with Crippen LogP contribution in [0.15, 0.2) is 114 Å². The second-order valence-electron chi connectivity index (χ2n) is 9.72. The Kier molecular flexibility index (Phi) is 10.8. The summed E-state index contributed by atoms with van der Waals surface area (Å²) in [5.74, 6) is -1.33. The summed E-state index contributed by atoms with van der Waals surface area (Å²) in [5, 5.41) is 7.89. The first-order valence-electron chi connectivity index (χ1n) is 13.5. The number of carbonyl (C=O) groups is 3. The summed E-state index contributed by atoms with van der Waals surface area (Å²) in [6.07, 6.45) is -0.847. The van der Waals surface area contributed by atoms with E-state index in [0.29, 0.717) is 16.8 Å². The van der Waals surface area contributed by atoms with Crippen molar-refractivity contribution >= 4 is 50.9 Å². The van der Waals surface area contributed by atoms with Crippen molar-refractivity contribution < 1.29 is 27.5 Å². The van der Waals surface area contributed by atoms with Crippen molar-refractivity contribution in [1.82, 2.24) is 15.4 Å². The lowest BCUT2D eigenvalue weighted by atomic mass is 10.1. The molecule has 0 aromatic heterocycles. The number of benzene rings is 4. The Balaban J connectivity index is 1.38. The fourth-order valence-corrected chi connectivity index (χ4v) is 5.30. The van der Waals surface area contributed by atoms with Gasteiger partial charge in [-0.3, -0.25) is 14.9 Å². The maximum atomic E-state index is 13.2. The minimum Gasteiger partial charge on any atom is -0.445 e. The largest absolute Gasteiger partial charge is 0.445 e. The number of sulfonamides is 1. The Morgan fingerprint density at radius 2 is 1.45 bits per heavy atom. The Morgan fingerprint density at radius 3 is 2.09 bits per heavy atom. The molecule has 0 unspecified atom stereocenters. The maximum Gasteiger partial charge on any atom is 0.408 e. The smallest absolute Gasteiger partial charge is 0.408 e. The maximum absolute atomic E-state index is 13.2. The fraction of sp³-hybridized carbons (Fsp3) is 0.125. The second kappa shape index (κ2) is 14.9. The van der Waals surface area contributed by atoms with E-state index in [2.05, 4.69) is 16.0 Å². The molecule has 4 aromatic carbocycles. The number of rotatable bonds is 10. The zero-order chi connectivity index (χ0) is 31.5. The van der Waals surface area contributed by atoms with Gasteiger partial charge in [0.1, 0.15) is 12.6 Å². The number of aryl methyl sites for hydroxylation is 1. The third-order valence-corrected chi connectivity index (χ3v) is 7.84. The van der Waals surface area contributed by atoms with Crippen LogP contribution in [0.4, 0.5) is 10.5 Å². The van der Waals surface area contributed by atoms with E-state index in [9.17, 15) is 22.8 Å². The van der Waals surface area contributed by atoms with Gasteiger partial charge in [0, 0.05) is 17.7 Å². The highest BCUT2D eigenvalue weighted by Gasteiger charge is 2.27. The third kappa shape index (κ3) is 9.48. The molecular weight excluding hydrogens is 601 g/mol. The molecule has 226 valence electrons. The van der Waals surface area contributed by atoms with Gasteiger partial charge in [0.15, 0.2) is 5.11 Å². The first-order chi connectivity index (χ1) is 21.1. The summed E-state index contributed by atoms with van der Waals surface area (Å²) < 4.78 is 33.4. The molecule has 4 N–H and O–H groups in total. The van der Waals surface area contributed by atoms with Crippen molar-refractivity contribution in [1.29, 1.82) is 0 Å². The van der Waals surface area contributed by atoms with Crippen LogP contribution < -0.4 is 20.7 Å². The summed E-state index contributed by atoms with van der Waals surface area (Å²) in [7, 11) is -4.31. The number of ether oxygens (including phenoxy) is 1. The lowest BCUT2D eigenvalue weighted by Crippen LogP contribution is -2.49. The predicted octanol–water partition coefficient (Wildman–Crippen LogP) is 4.46. The Morgan fingerprint density at radius 1 is 0.818 bits per heavy atom. The van der Waals surface area contributed by atoms with E-state index in [1.807, 2.05) is 23.8 Å². The molecule has 0 spiro atoms. The van der Waals surface area contributed by atoms with Gasteiger partial charge in [-0.1, -0.05) is 78.4 Å². The summed E-state index contributed by atoms with van der Waals surface area (Å²) in [5.41, 5.74) is 3.23. The first-order valence-corrected chi connectivity index (χ1v) is 15.3. The van der Waals surface area contributed by atoms with Gasteiger partial charge < -0.3 is 15.4 Å². The Bertz CT molecular complexity index is 1730. The number of anilines is 1. The highest BCUT2D eigenvalue weighted by molar-refractivity contribution is 7.90. The van der Waals surface area contributed by atoms with Gasteiger partial charge in [-0.15, -0.1) is 0 Å². The zero-order valence-corrected chi connectivity index (χ0v) is 25.3. The SMILES string of the molecule is Cc1cccc(C(=O)NC(=S)Nc2ccc(S(=O)(=O)NC(=O)[C@H](Cc3ccccc3)NC(=O)OCc3ccccc3)cc2)c1. The van der Waals surface area contributed by atoms with Crippen molar-refractivity contribution in [2.45, 2.75) is 30.9 Å². The van der Waals surface area contributed by atoms with Crippen LogP contribution in [0.1, 0.15) is 27.0 Å². The molecule has 44 heavy (non-hydrogen) atoms. The zero-order valence-electron chi connectivity index (χ0n) is 23.6. The third-order valence-electron chi connectivity index (χ3n) is 6.27. The highest BCUT2D eigenvalue weighted by atomic mass is 32.2. The van der Waals surface area contributed by atoms with Gasteiger partial charge in [0.25, 0.3) is 21.8 Å². The summed E-state index contributed by atoms with van der Waals surface area (Å²) in [6, 6.07) is 29.0. The van der Waals surface area contributed by atoms with Crippen LogP contribution in [0.2, 0.25) is 0 Å². The van der Waals surface area contributed by atoms with Gasteiger partial charge in [0.2, 0.25) is 0 Å². The molecule has 0 saturated carbocycles. The van der Waals surface area contributed by atoms with Crippen LogP contribution in [-0.4, -0.2) is 37.5 Å². The molecule has 4 rings (SSSR count). The van der Waals surface area contributed by atoms with Crippen LogP contribution in [0.25, 0.3) is 0 Å². The van der Waals surface area contributed by atoms with E-state index in [1.165, 1.54) is 24.3 Å². The molecule has 12 heteroatoms. The van der Waals surface area contributed by atoms with Crippen molar-refractivity contribution in [2.24, 2.45) is 0 Å². The number of carbonyl (C=O) groups excluding carboxylic acids is 3. The average Bonchev–Trinajstić information content (AvgIpc) is 3.00. The van der Waals surface area contributed by atoms with Gasteiger partial charge in [-0.2, -0.15) is 0 Å². The predicted molar refractivity (Wildman–Crippen MR) is 170 cm³/mol. The number of nitrogens with one attached hydrogen (secondary N) is 4. The van der Waals surface area contributed by atoms with Crippen molar-refractivity contribution in [3.05, 3.63) is 131 Å². The number of amides is 3. The van der Waals surface area contributed by atoms with Gasteiger partial charge in [-0.25, -0.2) is 17.9 Å². The minimum atomic E-state index is -4.31. The molecule has 10 nitrogen and oxygen atoms in total. The minimum absolute atomic E-state index is 0.0226. The highest BCUT2D eigenvalue weighted by Crippen LogP contribution is 2.15.